The fourth-order valence-electron chi connectivity index (χ4n) is 7.16. The lowest BCUT2D eigenvalue weighted by Gasteiger charge is -2.15. The average molecular weight is 926 g/mol. The van der Waals surface area contributed by atoms with Gasteiger partial charge in [0.25, 0.3) is 0 Å². The van der Waals surface area contributed by atoms with Gasteiger partial charge in [0.05, 0.1) is 6.61 Å². The van der Waals surface area contributed by atoms with E-state index >= 15 is 0 Å². The van der Waals surface area contributed by atoms with Crippen molar-refractivity contribution in [1.82, 2.24) is 0 Å². The number of hydrogen-bond acceptors (Lipinski definition) is 6. The first-order valence-corrected chi connectivity index (χ1v) is 27.5. The fourth-order valence-corrected chi connectivity index (χ4v) is 7.16. The zero-order valence-corrected chi connectivity index (χ0v) is 44.8. The Bertz CT molecular complexity index is 1190. The highest BCUT2D eigenvalue weighted by atomic mass is 16.5. The quantitative estimate of drug-likeness (QED) is 0.0262. The molecule has 384 valence electrons. The average Bonchev–Trinajstić information content (AvgIpc) is 3.29. The van der Waals surface area contributed by atoms with Gasteiger partial charge < -0.3 is 14.2 Å². The maximum Gasteiger partial charge on any atom is 0.303 e. The van der Waals surface area contributed by atoms with Gasteiger partial charge in [0.1, 0.15) is 12.2 Å². The van der Waals surface area contributed by atoms with Crippen molar-refractivity contribution in [2.75, 3.05) is 6.61 Å². The van der Waals surface area contributed by atoms with Crippen LogP contribution in [0.4, 0.5) is 0 Å². The normalized spacial score (nSPS) is 12.5. The van der Waals surface area contributed by atoms with Crippen molar-refractivity contribution in [3.63, 3.8) is 0 Å². The predicted molar refractivity (Wildman–Crippen MR) is 288 cm³/mol. The topological polar surface area (TPSA) is 78.9 Å². The lowest BCUT2D eigenvalue weighted by atomic mass is 10.0. The van der Waals surface area contributed by atoms with E-state index in [1.807, 2.05) is 19.1 Å². The van der Waals surface area contributed by atoms with Crippen molar-refractivity contribution in [3.8, 4) is 0 Å². The van der Waals surface area contributed by atoms with Crippen LogP contribution in [0.5, 0.6) is 0 Å². The second-order valence-corrected chi connectivity index (χ2v) is 17.9. The van der Waals surface area contributed by atoms with Crippen LogP contribution in [0, 0.1) is 0 Å². The Morgan fingerprint density at radius 2 is 0.758 bits per heavy atom. The highest BCUT2D eigenvalue weighted by Gasteiger charge is 2.10. The summed E-state index contributed by atoms with van der Waals surface area (Å²) >= 11 is 0. The van der Waals surface area contributed by atoms with Gasteiger partial charge in [0.15, 0.2) is 0 Å². The number of unbranched alkanes of at least 4 members (excludes halogenated alkanes) is 23. The Morgan fingerprint density at radius 1 is 0.394 bits per heavy atom. The number of allylic oxidation sites excluding steroid dienone is 9. The third-order valence-electron chi connectivity index (χ3n) is 11.0. The molecule has 0 N–H and O–H groups in total. The van der Waals surface area contributed by atoms with E-state index in [4.69, 9.17) is 14.2 Å². The minimum Gasteiger partial charge on any atom is -0.466 e. The predicted octanol–water partition coefficient (Wildman–Crippen LogP) is 19.1. The van der Waals surface area contributed by atoms with Crippen molar-refractivity contribution >= 4 is 17.9 Å². The standard InChI is InChI=1S/3C20H36O2/c2*1-4-6-8-9-10-11-12-13-14-15-16-18-20(17-7-5-2)22-19(3)21;1-3-4-5-6-7-8-9-10-11-12-13-14-15-16-17-18-19-22-20(2)21/h7,9-10,17,20H,4-6,8,11-16,18H2,1-3H3;5,7,9-10,20H,4,6,8,11-18H2,1-3H3;6-7,16-17H,3-5,8-15,18-19H2,1-2H3/b;7-5-,10-9-;7-6-,17-16-. The van der Waals surface area contributed by atoms with Crippen molar-refractivity contribution in [2.45, 2.75) is 286 Å². The number of ether oxygens (including phenoxy) is 3. The number of esters is 3. The summed E-state index contributed by atoms with van der Waals surface area (Å²) < 4.78 is 15.5. The zero-order valence-electron chi connectivity index (χ0n) is 44.8. The van der Waals surface area contributed by atoms with E-state index in [2.05, 4.69) is 88.5 Å². The van der Waals surface area contributed by atoms with Gasteiger partial charge in [0.2, 0.25) is 0 Å². The summed E-state index contributed by atoms with van der Waals surface area (Å²) in [6, 6.07) is 0. The Labute approximate surface area is 410 Å². The Balaban J connectivity index is -0.000000902. The van der Waals surface area contributed by atoms with Crippen molar-refractivity contribution < 1.29 is 28.6 Å². The molecular formula is C60H108O6. The van der Waals surface area contributed by atoms with Crippen LogP contribution in [-0.4, -0.2) is 36.7 Å². The molecule has 0 aromatic carbocycles. The molecule has 2 unspecified atom stereocenters. The summed E-state index contributed by atoms with van der Waals surface area (Å²) in [5.74, 6) is -0.533. The van der Waals surface area contributed by atoms with E-state index in [1.54, 1.807) is 0 Å². The molecule has 66 heavy (non-hydrogen) atoms. The van der Waals surface area contributed by atoms with E-state index in [0.717, 1.165) is 51.4 Å². The molecule has 0 amide bonds. The van der Waals surface area contributed by atoms with Crippen LogP contribution in [0.3, 0.4) is 0 Å². The Morgan fingerprint density at radius 3 is 1.12 bits per heavy atom. The third kappa shape index (κ3) is 65.1. The van der Waals surface area contributed by atoms with Gasteiger partial charge in [-0.1, -0.05) is 197 Å². The lowest BCUT2D eigenvalue weighted by molar-refractivity contribution is -0.147. The van der Waals surface area contributed by atoms with Gasteiger partial charge in [-0.25, -0.2) is 0 Å². The van der Waals surface area contributed by atoms with E-state index in [0.29, 0.717) is 6.61 Å². The molecule has 0 spiro atoms. The van der Waals surface area contributed by atoms with Crippen LogP contribution in [0.25, 0.3) is 0 Å². The maximum absolute atomic E-state index is 11.1. The first-order chi connectivity index (χ1) is 32.2. The molecular weight excluding hydrogens is 817 g/mol. The summed E-state index contributed by atoms with van der Waals surface area (Å²) in [6.45, 7) is 15.8. The summed E-state index contributed by atoms with van der Waals surface area (Å²) in [6.07, 6.45) is 68.2. The number of carbonyl (C=O) groups is 3. The largest absolute Gasteiger partial charge is 0.466 e. The van der Waals surface area contributed by atoms with Gasteiger partial charge >= 0.3 is 17.9 Å². The molecule has 0 aromatic rings. The number of rotatable bonds is 43. The summed E-state index contributed by atoms with van der Waals surface area (Å²) in [4.78, 5) is 32.7. The Hall–Kier alpha value is -3.15. The second-order valence-electron chi connectivity index (χ2n) is 17.9. The molecule has 0 aromatic heterocycles. The molecule has 0 aliphatic carbocycles. The molecule has 0 aliphatic heterocycles. The molecule has 2 atom stereocenters. The van der Waals surface area contributed by atoms with E-state index in [-0.39, 0.29) is 30.1 Å². The van der Waals surface area contributed by atoms with Crippen LogP contribution in [0.2, 0.25) is 0 Å². The molecule has 0 fully saturated rings. The summed E-state index contributed by atoms with van der Waals surface area (Å²) in [5.41, 5.74) is 0. The van der Waals surface area contributed by atoms with Crippen LogP contribution in [0.1, 0.15) is 274 Å². The minimum atomic E-state index is -0.190. The molecule has 0 bridgehead atoms. The molecule has 0 saturated carbocycles. The van der Waals surface area contributed by atoms with Crippen LogP contribution in [-0.2, 0) is 28.6 Å². The van der Waals surface area contributed by atoms with Crippen molar-refractivity contribution in [1.29, 1.82) is 0 Å². The maximum atomic E-state index is 11.1. The van der Waals surface area contributed by atoms with Crippen LogP contribution >= 0.6 is 0 Å². The van der Waals surface area contributed by atoms with Gasteiger partial charge in [-0.15, -0.1) is 0 Å². The Kier molecular flexibility index (Phi) is 60.9. The summed E-state index contributed by atoms with van der Waals surface area (Å²) in [7, 11) is 0. The first kappa shape index (κ1) is 67.1. The molecule has 0 heterocycles. The minimum absolute atomic E-state index is 0.0288. The van der Waals surface area contributed by atoms with Crippen LogP contribution < -0.4 is 0 Å². The molecule has 6 nitrogen and oxygen atoms in total. The zero-order chi connectivity index (χ0) is 49.2. The molecule has 0 radical (unpaired) electrons. The van der Waals surface area contributed by atoms with Crippen molar-refractivity contribution in [2.24, 2.45) is 0 Å². The van der Waals surface area contributed by atoms with E-state index in [9.17, 15) is 14.4 Å². The highest BCUT2D eigenvalue weighted by Crippen LogP contribution is 2.15. The van der Waals surface area contributed by atoms with E-state index in [1.165, 1.54) is 188 Å². The number of carbonyl (C=O) groups excluding carboxylic acids is 3. The second kappa shape index (κ2) is 59.9. The third-order valence-corrected chi connectivity index (χ3v) is 11.0. The van der Waals surface area contributed by atoms with Gasteiger partial charge in [-0.05, 0) is 122 Å². The molecule has 0 rings (SSSR count). The number of hydrogen-bond donors (Lipinski definition) is 0. The monoisotopic (exact) mass is 925 g/mol. The van der Waals surface area contributed by atoms with Crippen LogP contribution in [0.15, 0.2) is 72.9 Å². The van der Waals surface area contributed by atoms with Gasteiger partial charge in [-0.2, -0.15) is 0 Å². The molecule has 0 saturated heterocycles. The highest BCUT2D eigenvalue weighted by molar-refractivity contribution is 5.66. The molecule has 6 heteroatoms. The smallest absolute Gasteiger partial charge is 0.303 e. The van der Waals surface area contributed by atoms with Crippen molar-refractivity contribution in [3.05, 3.63) is 72.9 Å². The fraction of sp³-hybridized carbons (Fsp3) is 0.750. The van der Waals surface area contributed by atoms with E-state index < -0.39 is 0 Å². The van der Waals surface area contributed by atoms with Gasteiger partial charge in [-0.3, -0.25) is 14.4 Å². The SMILES string of the molecule is C/C=C\CC(CCCCCCC/C=C\CCCC)OC(C)=O.CCC=CC(CCCCCCCC=CCCCC)OC(C)=O.CCCC/C=C\CCCCCCCC/C=C\CCOC(C)=O. The first-order valence-electron chi connectivity index (χ1n) is 27.5. The lowest BCUT2D eigenvalue weighted by Crippen LogP contribution is -2.15. The molecule has 0 aliphatic rings. The van der Waals surface area contributed by atoms with Gasteiger partial charge in [0, 0.05) is 27.2 Å². The summed E-state index contributed by atoms with van der Waals surface area (Å²) in [5, 5.41) is 0.